The quantitative estimate of drug-likeness (QED) is 0.778. The van der Waals surface area contributed by atoms with Gasteiger partial charge in [-0.2, -0.15) is 5.10 Å². The van der Waals surface area contributed by atoms with Crippen LogP contribution in [0.1, 0.15) is 42.8 Å². The summed E-state index contributed by atoms with van der Waals surface area (Å²) in [5, 5.41) is 7.30. The van der Waals surface area contributed by atoms with Gasteiger partial charge in [-0.3, -0.25) is 9.48 Å². The molecule has 130 valence electrons. The van der Waals surface area contributed by atoms with Crippen LogP contribution in [0.15, 0.2) is 40.9 Å². The van der Waals surface area contributed by atoms with E-state index < -0.39 is 0 Å². The molecule has 2 aromatic heterocycles. The molecule has 0 saturated carbocycles. The predicted molar refractivity (Wildman–Crippen MR) is 96.6 cm³/mol. The third kappa shape index (κ3) is 3.63. The van der Waals surface area contributed by atoms with E-state index in [9.17, 15) is 4.79 Å². The lowest BCUT2D eigenvalue weighted by Crippen LogP contribution is -2.25. The number of nitrogens with zero attached hydrogens (tertiary/aromatic N) is 3. The molecule has 3 aromatic rings. The smallest absolute Gasteiger partial charge is 0.276 e. The van der Waals surface area contributed by atoms with E-state index >= 15 is 0 Å². The molecular formula is C19H22N4O2. The van der Waals surface area contributed by atoms with E-state index in [1.54, 1.807) is 19.2 Å². The number of rotatable bonds is 3. The minimum absolute atomic E-state index is 0.167. The van der Waals surface area contributed by atoms with E-state index in [-0.39, 0.29) is 11.4 Å². The highest BCUT2D eigenvalue weighted by molar-refractivity contribution is 6.03. The number of oxazole rings is 1. The van der Waals surface area contributed by atoms with Crippen LogP contribution in [0.5, 0.6) is 0 Å². The van der Waals surface area contributed by atoms with Crippen molar-refractivity contribution in [3.05, 3.63) is 53.8 Å². The minimum Gasteiger partial charge on any atom is -0.441 e. The van der Waals surface area contributed by atoms with Crippen molar-refractivity contribution in [1.29, 1.82) is 0 Å². The first-order chi connectivity index (χ1) is 11.7. The van der Waals surface area contributed by atoms with E-state index in [1.807, 2.05) is 35.9 Å². The maximum absolute atomic E-state index is 12.4. The Kier molecular flexibility index (Phi) is 4.20. The Morgan fingerprint density at radius 2 is 1.84 bits per heavy atom. The van der Waals surface area contributed by atoms with Gasteiger partial charge in [0.05, 0.1) is 11.7 Å². The van der Waals surface area contributed by atoms with Crippen molar-refractivity contribution in [2.24, 2.45) is 0 Å². The normalized spacial score (nSPS) is 11.6. The molecule has 0 aliphatic rings. The Balaban J connectivity index is 1.75. The molecule has 25 heavy (non-hydrogen) atoms. The molecule has 0 radical (unpaired) electrons. The monoisotopic (exact) mass is 338 g/mol. The third-order valence-electron chi connectivity index (χ3n) is 3.80. The first kappa shape index (κ1) is 17.0. The number of anilines is 1. The number of aromatic nitrogens is 3. The van der Waals surface area contributed by atoms with Crippen LogP contribution in [0.4, 0.5) is 5.69 Å². The van der Waals surface area contributed by atoms with E-state index in [2.05, 4.69) is 36.2 Å². The van der Waals surface area contributed by atoms with Crippen LogP contribution in [0, 0.1) is 13.8 Å². The standard InChI is InChI=1S/C19H22N4O2/c1-12-10-16(22-23(12)19(3,4)5)18(24)21-15-8-6-14(7-9-15)17-11-20-13(2)25-17/h6-11H,1-5H3,(H,21,24). The number of aryl methyl sites for hydroxylation is 2. The van der Waals surface area contributed by atoms with Crippen molar-refractivity contribution in [2.75, 3.05) is 5.32 Å². The topological polar surface area (TPSA) is 73.0 Å². The second-order valence-corrected chi connectivity index (χ2v) is 7.03. The lowest BCUT2D eigenvalue weighted by Gasteiger charge is -2.21. The molecule has 3 rings (SSSR count). The van der Waals surface area contributed by atoms with Crippen LogP contribution in [0.2, 0.25) is 0 Å². The van der Waals surface area contributed by atoms with Crippen molar-refractivity contribution in [2.45, 2.75) is 40.2 Å². The van der Waals surface area contributed by atoms with Crippen LogP contribution < -0.4 is 5.32 Å². The van der Waals surface area contributed by atoms with Gasteiger partial charge in [0, 0.05) is 23.9 Å². The van der Waals surface area contributed by atoms with E-state index in [1.165, 1.54) is 0 Å². The van der Waals surface area contributed by atoms with Gasteiger partial charge >= 0.3 is 0 Å². The second kappa shape index (κ2) is 6.20. The molecule has 1 aromatic carbocycles. The Hall–Kier alpha value is -2.89. The van der Waals surface area contributed by atoms with Crippen molar-refractivity contribution >= 4 is 11.6 Å². The highest BCUT2D eigenvalue weighted by atomic mass is 16.4. The van der Waals surface area contributed by atoms with E-state index in [0.717, 1.165) is 11.3 Å². The first-order valence-electron chi connectivity index (χ1n) is 8.15. The zero-order chi connectivity index (χ0) is 18.2. The summed E-state index contributed by atoms with van der Waals surface area (Å²) >= 11 is 0. The predicted octanol–water partition coefficient (Wildman–Crippen LogP) is 4.16. The fourth-order valence-electron chi connectivity index (χ4n) is 2.67. The van der Waals surface area contributed by atoms with Crippen LogP contribution in [-0.2, 0) is 5.54 Å². The SMILES string of the molecule is Cc1ncc(-c2ccc(NC(=O)c3cc(C)n(C(C)(C)C)n3)cc2)o1. The van der Waals surface area contributed by atoms with Crippen LogP contribution in [-0.4, -0.2) is 20.7 Å². The summed E-state index contributed by atoms with van der Waals surface area (Å²) < 4.78 is 7.35. The molecule has 0 unspecified atom stereocenters. The number of carbonyl (C=O) groups excluding carboxylic acids is 1. The van der Waals surface area contributed by atoms with Crippen molar-refractivity contribution in [3.63, 3.8) is 0 Å². The fourth-order valence-corrected chi connectivity index (χ4v) is 2.67. The highest BCUT2D eigenvalue weighted by Crippen LogP contribution is 2.23. The number of hydrogen-bond acceptors (Lipinski definition) is 4. The molecule has 1 N–H and O–H groups in total. The average Bonchev–Trinajstić information content (AvgIpc) is 3.14. The molecule has 0 bridgehead atoms. The van der Waals surface area contributed by atoms with Crippen molar-refractivity contribution in [1.82, 2.24) is 14.8 Å². The van der Waals surface area contributed by atoms with Crippen LogP contribution in [0.3, 0.4) is 0 Å². The van der Waals surface area contributed by atoms with Gasteiger partial charge in [0.1, 0.15) is 0 Å². The lowest BCUT2D eigenvalue weighted by atomic mass is 10.1. The Morgan fingerprint density at radius 1 is 1.16 bits per heavy atom. The molecule has 0 aliphatic carbocycles. The summed E-state index contributed by atoms with van der Waals surface area (Å²) in [6.45, 7) is 9.91. The zero-order valence-electron chi connectivity index (χ0n) is 15.1. The molecule has 1 amide bonds. The Bertz CT molecular complexity index is 898. The third-order valence-corrected chi connectivity index (χ3v) is 3.80. The molecule has 6 heteroatoms. The largest absolute Gasteiger partial charge is 0.441 e. The van der Waals surface area contributed by atoms with Gasteiger partial charge in [-0.15, -0.1) is 0 Å². The number of nitrogens with one attached hydrogen (secondary N) is 1. The average molecular weight is 338 g/mol. The molecular weight excluding hydrogens is 316 g/mol. The summed E-state index contributed by atoms with van der Waals surface area (Å²) in [7, 11) is 0. The highest BCUT2D eigenvalue weighted by Gasteiger charge is 2.20. The summed E-state index contributed by atoms with van der Waals surface area (Å²) in [4.78, 5) is 16.5. The number of carbonyl (C=O) groups is 1. The molecule has 0 atom stereocenters. The van der Waals surface area contributed by atoms with Gasteiger partial charge in [-0.25, -0.2) is 4.98 Å². The Labute approximate surface area is 146 Å². The lowest BCUT2D eigenvalue weighted by molar-refractivity contribution is 0.102. The second-order valence-electron chi connectivity index (χ2n) is 7.03. The van der Waals surface area contributed by atoms with Gasteiger partial charge in [-0.05, 0) is 58.0 Å². The molecule has 2 heterocycles. The van der Waals surface area contributed by atoms with Crippen molar-refractivity contribution in [3.8, 4) is 11.3 Å². The summed E-state index contributed by atoms with van der Waals surface area (Å²) in [6.07, 6.45) is 1.69. The zero-order valence-corrected chi connectivity index (χ0v) is 15.1. The van der Waals surface area contributed by atoms with Gasteiger partial charge in [-0.1, -0.05) is 0 Å². The minimum atomic E-state index is -0.227. The van der Waals surface area contributed by atoms with Gasteiger partial charge in [0.25, 0.3) is 5.91 Å². The molecule has 0 spiro atoms. The summed E-state index contributed by atoms with van der Waals surface area (Å²) in [6, 6.07) is 9.23. The van der Waals surface area contributed by atoms with E-state index in [4.69, 9.17) is 4.42 Å². The van der Waals surface area contributed by atoms with Crippen molar-refractivity contribution < 1.29 is 9.21 Å². The Morgan fingerprint density at radius 3 is 2.36 bits per heavy atom. The van der Waals surface area contributed by atoms with Gasteiger partial charge in [0.2, 0.25) is 0 Å². The maximum Gasteiger partial charge on any atom is 0.276 e. The molecule has 0 saturated heterocycles. The summed E-state index contributed by atoms with van der Waals surface area (Å²) in [5.74, 6) is 1.10. The maximum atomic E-state index is 12.4. The number of hydrogen-bond donors (Lipinski definition) is 1. The summed E-state index contributed by atoms with van der Waals surface area (Å²) in [5.41, 5.74) is 2.80. The van der Waals surface area contributed by atoms with Crippen LogP contribution in [0.25, 0.3) is 11.3 Å². The molecule has 0 aliphatic heterocycles. The number of amides is 1. The van der Waals surface area contributed by atoms with E-state index in [0.29, 0.717) is 23.0 Å². The van der Waals surface area contributed by atoms with Crippen LogP contribution >= 0.6 is 0 Å². The molecule has 6 nitrogen and oxygen atoms in total. The fraction of sp³-hybridized carbons (Fsp3) is 0.316. The van der Waals surface area contributed by atoms with Gasteiger partial charge in [0.15, 0.2) is 17.3 Å². The molecule has 0 fully saturated rings. The first-order valence-corrected chi connectivity index (χ1v) is 8.15. The van der Waals surface area contributed by atoms with Gasteiger partial charge < -0.3 is 9.73 Å². The number of benzene rings is 1.